The zero-order valence-corrected chi connectivity index (χ0v) is 17.4. The lowest BCUT2D eigenvalue weighted by Gasteiger charge is -2.25. The van der Waals surface area contributed by atoms with Gasteiger partial charge in [-0.2, -0.15) is 5.26 Å². The summed E-state index contributed by atoms with van der Waals surface area (Å²) in [7, 11) is 0. The van der Waals surface area contributed by atoms with Crippen LogP contribution < -0.4 is 5.32 Å². The molecule has 1 aliphatic heterocycles. The average Bonchev–Trinajstić information content (AvgIpc) is 3.06. The molecule has 1 heterocycles. The van der Waals surface area contributed by atoms with E-state index in [1.54, 1.807) is 30.3 Å². The highest BCUT2D eigenvalue weighted by Gasteiger charge is 2.40. The molecule has 1 atom stereocenters. The zero-order valence-electron chi connectivity index (χ0n) is 16.6. The summed E-state index contributed by atoms with van der Waals surface area (Å²) in [6.45, 7) is 0.0611. The van der Waals surface area contributed by atoms with E-state index >= 15 is 0 Å². The lowest BCUT2D eigenvalue weighted by atomic mass is 10.0. The van der Waals surface area contributed by atoms with Crippen molar-refractivity contribution in [1.82, 2.24) is 10.2 Å². The van der Waals surface area contributed by atoms with Gasteiger partial charge in [0, 0.05) is 23.7 Å². The van der Waals surface area contributed by atoms with E-state index in [0.29, 0.717) is 22.3 Å². The van der Waals surface area contributed by atoms with Crippen LogP contribution >= 0.6 is 11.6 Å². The third-order valence-corrected chi connectivity index (χ3v) is 5.63. The second-order valence-corrected chi connectivity index (χ2v) is 7.71. The number of hydrogen-bond acceptors (Lipinski definition) is 3. The van der Waals surface area contributed by atoms with Crippen LogP contribution in [0.4, 0.5) is 8.78 Å². The van der Waals surface area contributed by atoms with Crippen LogP contribution in [0.3, 0.4) is 0 Å². The largest absolute Gasteiger partial charge is 0.350 e. The number of rotatable bonds is 5. The lowest BCUT2D eigenvalue weighted by molar-refractivity contribution is -0.125. The molecular formula is C24H16ClF2N3O2. The number of carbonyl (C=O) groups is 2. The molecule has 8 heteroatoms. The van der Waals surface area contributed by atoms with E-state index in [1.807, 2.05) is 0 Å². The summed E-state index contributed by atoms with van der Waals surface area (Å²) in [6.07, 6.45) is 0. The molecule has 1 aliphatic rings. The first-order valence-corrected chi connectivity index (χ1v) is 10.1. The number of hydrogen-bond donors (Lipinski definition) is 1. The maximum atomic E-state index is 13.6. The van der Waals surface area contributed by atoms with Gasteiger partial charge in [-0.15, -0.1) is 0 Å². The van der Waals surface area contributed by atoms with Gasteiger partial charge >= 0.3 is 0 Å². The van der Waals surface area contributed by atoms with Gasteiger partial charge < -0.3 is 10.2 Å². The van der Waals surface area contributed by atoms with E-state index in [9.17, 15) is 18.4 Å². The van der Waals surface area contributed by atoms with Gasteiger partial charge in [0.05, 0.1) is 5.56 Å². The van der Waals surface area contributed by atoms with Crippen LogP contribution in [0.15, 0.2) is 60.7 Å². The quantitative estimate of drug-likeness (QED) is 0.620. The van der Waals surface area contributed by atoms with Crippen molar-refractivity contribution in [2.45, 2.75) is 19.1 Å². The van der Waals surface area contributed by atoms with Crippen molar-refractivity contribution in [1.29, 1.82) is 5.26 Å². The molecule has 1 N–H and O–H groups in total. The Morgan fingerprint density at radius 3 is 2.66 bits per heavy atom. The van der Waals surface area contributed by atoms with Crippen molar-refractivity contribution in [3.05, 3.63) is 105 Å². The fourth-order valence-corrected chi connectivity index (χ4v) is 3.93. The smallest absolute Gasteiger partial charge is 0.255 e. The van der Waals surface area contributed by atoms with Gasteiger partial charge in [0.2, 0.25) is 5.91 Å². The molecule has 0 aromatic heterocycles. The molecule has 0 saturated carbocycles. The zero-order chi connectivity index (χ0) is 22.8. The molecule has 32 heavy (non-hydrogen) atoms. The SMILES string of the molecule is N#Cc1cc(CNC(=O)C2c3ccccc3C(=O)N2Cc2ccc(F)cc2Cl)ccc1F. The predicted octanol–water partition coefficient (Wildman–Crippen LogP) is 4.50. The van der Waals surface area contributed by atoms with Crippen LogP contribution in [0.2, 0.25) is 5.02 Å². The van der Waals surface area contributed by atoms with Crippen molar-refractivity contribution in [3.8, 4) is 6.07 Å². The van der Waals surface area contributed by atoms with Crippen LogP contribution in [0.25, 0.3) is 0 Å². The van der Waals surface area contributed by atoms with Crippen molar-refractivity contribution in [3.63, 3.8) is 0 Å². The number of nitriles is 1. The number of halogens is 3. The first kappa shape index (κ1) is 21.5. The molecule has 0 spiro atoms. The Bertz CT molecular complexity index is 1270. The Kier molecular flexibility index (Phi) is 5.89. The second kappa shape index (κ2) is 8.77. The van der Waals surface area contributed by atoms with E-state index < -0.39 is 23.6 Å². The molecule has 3 aromatic rings. The molecule has 5 nitrogen and oxygen atoms in total. The van der Waals surface area contributed by atoms with Crippen LogP contribution in [0.5, 0.6) is 0 Å². The molecule has 0 aliphatic carbocycles. The molecule has 1 unspecified atom stereocenters. The molecule has 0 bridgehead atoms. The molecule has 2 amide bonds. The monoisotopic (exact) mass is 451 g/mol. The molecular weight excluding hydrogens is 436 g/mol. The second-order valence-electron chi connectivity index (χ2n) is 7.30. The standard InChI is InChI=1S/C24H16ClF2N3O2/c25-20-10-17(26)7-6-15(20)13-30-22(18-3-1-2-4-19(18)24(30)32)23(31)29-12-14-5-8-21(27)16(9-14)11-28/h1-10,22H,12-13H2,(H,29,31). The van der Waals surface area contributed by atoms with E-state index in [-0.39, 0.29) is 29.6 Å². The minimum absolute atomic E-state index is 0.0137. The van der Waals surface area contributed by atoms with Gasteiger partial charge in [0.15, 0.2) is 0 Å². The summed E-state index contributed by atoms with van der Waals surface area (Å²) in [5.74, 6) is -1.92. The highest BCUT2D eigenvalue weighted by Crippen LogP contribution is 2.36. The number of fused-ring (bicyclic) bond motifs is 1. The van der Waals surface area contributed by atoms with Gasteiger partial charge in [-0.25, -0.2) is 8.78 Å². The maximum Gasteiger partial charge on any atom is 0.255 e. The van der Waals surface area contributed by atoms with E-state index in [2.05, 4.69) is 5.32 Å². The number of benzene rings is 3. The third kappa shape index (κ3) is 4.05. The first-order valence-electron chi connectivity index (χ1n) is 9.69. The fraction of sp³-hybridized carbons (Fsp3) is 0.125. The Morgan fingerprint density at radius 1 is 1.12 bits per heavy atom. The van der Waals surface area contributed by atoms with Gasteiger partial charge in [0.25, 0.3) is 5.91 Å². The number of nitrogens with zero attached hydrogens (tertiary/aromatic N) is 2. The van der Waals surface area contributed by atoms with Crippen LogP contribution in [-0.4, -0.2) is 16.7 Å². The Hall–Kier alpha value is -3.76. The predicted molar refractivity (Wildman–Crippen MR) is 113 cm³/mol. The van der Waals surface area contributed by atoms with Crippen molar-refractivity contribution < 1.29 is 18.4 Å². The first-order chi connectivity index (χ1) is 15.4. The molecule has 3 aromatic carbocycles. The lowest BCUT2D eigenvalue weighted by Crippen LogP contribution is -2.38. The van der Waals surface area contributed by atoms with E-state index in [0.717, 1.165) is 12.1 Å². The molecule has 0 fully saturated rings. The van der Waals surface area contributed by atoms with Gasteiger partial charge in [0.1, 0.15) is 23.7 Å². The van der Waals surface area contributed by atoms with Gasteiger partial charge in [-0.1, -0.05) is 41.9 Å². The number of nitrogens with one attached hydrogen (secondary N) is 1. The summed E-state index contributed by atoms with van der Waals surface area (Å²) in [4.78, 5) is 27.6. The van der Waals surface area contributed by atoms with Crippen molar-refractivity contribution >= 4 is 23.4 Å². The Balaban J connectivity index is 1.60. The summed E-state index contributed by atoms with van der Waals surface area (Å²) >= 11 is 6.14. The maximum absolute atomic E-state index is 13.6. The molecule has 0 radical (unpaired) electrons. The fourth-order valence-electron chi connectivity index (χ4n) is 3.70. The number of amides is 2. The summed E-state index contributed by atoms with van der Waals surface area (Å²) in [6, 6.07) is 15.5. The molecule has 4 rings (SSSR count). The average molecular weight is 452 g/mol. The topological polar surface area (TPSA) is 73.2 Å². The van der Waals surface area contributed by atoms with Crippen molar-refractivity contribution in [2.75, 3.05) is 0 Å². The summed E-state index contributed by atoms with van der Waals surface area (Å²) < 4.78 is 27.0. The van der Waals surface area contributed by atoms with Crippen LogP contribution in [-0.2, 0) is 17.9 Å². The third-order valence-electron chi connectivity index (χ3n) is 5.28. The van der Waals surface area contributed by atoms with Crippen molar-refractivity contribution in [2.24, 2.45) is 0 Å². The van der Waals surface area contributed by atoms with E-state index in [1.165, 1.54) is 29.2 Å². The minimum atomic E-state index is -0.921. The normalized spacial score (nSPS) is 14.8. The highest BCUT2D eigenvalue weighted by molar-refractivity contribution is 6.31. The number of carbonyl (C=O) groups excluding carboxylic acids is 2. The van der Waals surface area contributed by atoms with E-state index in [4.69, 9.17) is 16.9 Å². The summed E-state index contributed by atoms with van der Waals surface area (Å²) in [5.41, 5.74) is 1.88. The van der Waals surface area contributed by atoms with Gasteiger partial charge in [-0.05, 0) is 47.0 Å². The highest BCUT2D eigenvalue weighted by atomic mass is 35.5. The Labute approximate surface area is 187 Å². The van der Waals surface area contributed by atoms with Crippen LogP contribution in [0, 0.1) is 23.0 Å². The Morgan fingerprint density at radius 2 is 1.91 bits per heavy atom. The summed E-state index contributed by atoms with van der Waals surface area (Å²) in [5, 5.41) is 11.9. The molecule has 160 valence electrons. The molecule has 0 saturated heterocycles. The minimum Gasteiger partial charge on any atom is -0.350 e. The van der Waals surface area contributed by atoms with Crippen LogP contribution in [0.1, 0.15) is 38.7 Å². The van der Waals surface area contributed by atoms with Gasteiger partial charge in [-0.3, -0.25) is 9.59 Å².